The number of benzene rings is 1. The molecule has 1 heterocycles. The summed E-state index contributed by atoms with van der Waals surface area (Å²) in [5.74, 6) is -0.884. The Balaban J connectivity index is 2.50. The molecule has 0 radical (unpaired) electrons. The predicted octanol–water partition coefficient (Wildman–Crippen LogP) is 1.82. The Bertz CT molecular complexity index is 602. The number of rotatable bonds is 3. The Hall–Kier alpha value is -2.17. The van der Waals surface area contributed by atoms with Gasteiger partial charge in [-0.25, -0.2) is 4.68 Å². The number of carbonyl (C=O) groups is 1. The summed E-state index contributed by atoms with van der Waals surface area (Å²) in [6, 6.07) is 5.89. The van der Waals surface area contributed by atoms with Crippen molar-refractivity contribution in [3.8, 4) is 5.69 Å². The Morgan fingerprint density at radius 2 is 2.00 bits per heavy atom. The highest BCUT2D eigenvalue weighted by atomic mass is 16.4. The van der Waals surface area contributed by atoms with Crippen LogP contribution in [0.1, 0.15) is 22.5 Å². The summed E-state index contributed by atoms with van der Waals surface area (Å²) >= 11 is 0. The number of nitrogens with zero attached hydrogens (tertiary/aromatic N) is 3. The van der Waals surface area contributed by atoms with Crippen LogP contribution in [0.25, 0.3) is 5.69 Å². The SMILES string of the molecule is Cc1ccc(-n2nnc(C)c2CC(=O)O)cc1C. The first-order valence-corrected chi connectivity index (χ1v) is 5.69. The van der Waals surface area contributed by atoms with Gasteiger partial charge in [-0.2, -0.15) is 0 Å². The van der Waals surface area contributed by atoms with Crippen LogP contribution in [0.2, 0.25) is 0 Å². The van der Waals surface area contributed by atoms with Gasteiger partial charge in [-0.15, -0.1) is 5.10 Å². The second-order valence-electron chi connectivity index (χ2n) is 4.37. The maximum absolute atomic E-state index is 10.9. The minimum absolute atomic E-state index is 0.0776. The summed E-state index contributed by atoms with van der Waals surface area (Å²) in [6.07, 6.45) is -0.0776. The maximum Gasteiger partial charge on any atom is 0.309 e. The average molecular weight is 245 g/mol. The first kappa shape index (κ1) is 12.3. The third-order valence-electron chi connectivity index (χ3n) is 3.01. The van der Waals surface area contributed by atoms with Crippen molar-refractivity contribution >= 4 is 5.97 Å². The van der Waals surface area contributed by atoms with E-state index in [4.69, 9.17) is 5.11 Å². The molecule has 2 aromatic rings. The molecule has 0 unspecified atom stereocenters. The first-order valence-electron chi connectivity index (χ1n) is 5.69. The second-order valence-corrected chi connectivity index (χ2v) is 4.37. The van der Waals surface area contributed by atoms with Gasteiger partial charge in [0.2, 0.25) is 0 Å². The van der Waals surface area contributed by atoms with E-state index in [1.54, 1.807) is 11.6 Å². The topological polar surface area (TPSA) is 68.0 Å². The molecule has 18 heavy (non-hydrogen) atoms. The highest BCUT2D eigenvalue weighted by Gasteiger charge is 2.14. The molecule has 1 N–H and O–H groups in total. The number of aromatic nitrogens is 3. The van der Waals surface area contributed by atoms with Crippen molar-refractivity contribution in [3.05, 3.63) is 40.7 Å². The number of aryl methyl sites for hydroxylation is 3. The molecule has 1 aromatic carbocycles. The third kappa shape index (κ3) is 2.25. The molecule has 0 saturated carbocycles. The zero-order valence-corrected chi connectivity index (χ0v) is 10.6. The second kappa shape index (κ2) is 4.60. The van der Waals surface area contributed by atoms with E-state index in [1.165, 1.54) is 5.56 Å². The fourth-order valence-electron chi connectivity index (χ4n) is 1.79. The standard InChI is InChI=1S/C13H15N3O2/c1-8-4-5-11(6-9(8)2)16-12(7-13(17)18)10(3)14-15-16/h4-6H,7H2,1-3H3,(H,17,18). The van der Waals surface area contributed by atoms with Gasteiger partial charge in [0.15, 0.2) is 0 Å². The van der Waals surface area contributed by atoms with E-state index < -0.39 is 5.97 Å². The van der Waals surface area contributed by atoms with Gasteiger partial charge in [0.1, 0.15) is 0 Å². The molecule has 0 saturated heterocycles. The summed E-state index contributed by atoms with van der Waals surface area (Å²) in [7, 11) is 0. The summed E-state index contributed by atoms with van der Waals surface area (Å²) in [4.78, 5) is 10.9. The molecule has 5 nitrogen and oxygen atoms in total. The van der Waals surface area contributed by atoms with Gasteiger partial charge >= 0.3 is 5.97 Å². The zero-order valence-electron chi connectivity index (χ0n) is 10.6. The molecule has 94 valence electrons. The van der Waals surface area contributed by atoms with E-state index in [0.717, 1.165) is 11.3 Å². The minimum Gasteiger partial charge on any atom is -0.481 e. The smallest absolute Gasteiger partial charge is 0.309 e. The van der Waals surface area contributed by atoms with Gasteiger partial charge in [0.05, 0.1) is 23.5 Å². The van der Waals surface area contributed by atoms with E-state index in [2.05, 4.69) is 10.3 Å². The van der Waals surface area contributed by atoms with Crippen LogP contribution >= 0.6 is 0 Å². The zero-order chi connectivity index (χ0) is 13.3. The van der Waals surface area contributed by atoms with E-state index in [1.807, 2.05) is 32.0 Å². The molecule has 0 atom stereocenters. The van der Waals surface area contributed by atoms with Crippen LogP contribution < -0.4 is 0 Å². The van der Waals surface area contributed by atoms with Crippen molar-refractivity contribution in [2.75, 3.05) is 0 Å². The third-order valence-corrected chi connectivity index (χ3v) is 3.01. The first-order chi connectivity index (χ1) is 8.49. The number of aliphatic carboxylic acids is 1. The number of hydrogen-bond acceptors (Lipinski definition) is 3. The van der Waals surface area contributed by atoms with Crippen LogP contribution in [0.3, 0.4) is 0 Å². The molecule has 5 heteroatoms. The van der Waals surface area contributed by atoms with Crippen molar-refractivity contribution in [2.45, 2.75) is 27.2 Å². The lowest BCUT2D eigenvalue weighted by Gasteiger charge is -2.07. The fourth-order valence-corrected chi connectivity index (χ4v) is 1.79. The molecule has 0 amide bonds. The lowest BCUT2D eigenvalue weighted by molar-refractivity contribution is -0.136. The Kier molecular flexibility index (Phi) is 3.14. The van der Waals surface area contributed by atoms with Crippen LogP contribution in [0.5, 0.6) is 0 Å². The predicted molar refractivity (Wildman–Crippen MR) is 66.9 cm³/mol. The minimum atomic E-state index is -0.884. The van der Waals surface area contributed by atoms with Gasteiger partial charge in [-0.05, 0) is 44.0 Å². The van der Waals surface area contributed by atoms with Crippen LogP contribution in [0, 0.1) is 20.8 Å². The molecule has 0 spiro atoms. The molecule has 2 rings (SSSR count). The highest BCUT2D eigenvalue weighted by Crippen LogP contribution is 2.16. The summed E-state index contributed by atoms with van der Waals surface area (Å²) in [5, 5.41) is 16.9. The molecule has 0 fully saturated rings. The molecular formula is C13H15N3O2. The van der Waals surface area contributed by atoms with Gasteiger partial charge in [-0.1, -0.05) is 11.3 Å². The molecule has 0 bridgehead atoms. The van der Waals surface area contributed by atoms with Crippen LogP contribution in [0.4, 0.5) is 0 Å². The fraction of sp³-hybridized carbons (Fsp3) is 0.308. The van der Waals surface area contributed by atoms with Crippen LogP contribution in [-0.2, 0) is 11.2 Å². The molecule has 0 aliphatic heterocycles. The monoisotopic (exact) mass is 245 g/mol. The lowest BCUT2D eigenvalue weighted by Crippen LogP contribution is -2.09. The Morgan fingerprint density at radius 1 is 1.28 bits per heavy atom. The highest BCUT2D eigenvalue weighted by molar-refractivity contribution is 5.70. The Morgan fingerprint density at radius 3 is 2.61 bits per heavy atom. The van der Waals surface area contributed by atoms with Crippen LogP contribution in [0.15, 0.2) is 18.2 Å². The van der Waals surface area contributed by atoms with E-state index in [0.29, 0.717) is 11.4 Å². The normalized spacial score (nSPS) is 10.6. The quantitative estimate of drug-likeness (QED) is 0.895. The molecule has 0 aliphatic rings. The van der Waals surface area contributed by atoms with Crippen molar-refractivity contribution in [1.82, 2.24) is 15.0 Å². The number of carboxylic acids is 1. The van der Waals surface area contributed by atoms with Crippen molar-refractivity contribution < 1.29 is 9.90 Å². The van der Waals surface area contributed by atoms with Crippen LogP contribution in [-0.4, -0.2) is 26.1 Å². The van der Waals surface area contributed by atoms with Gasteiger partial charge in [0, 0.05) is 0 Å². The van der Waals surface area contributed by atoms with E-state index >= 15 is 0 Å². The molecule has 1 aromatic heterocycles. The molecular weight excluding hydrogens is 230 g/mol. The number of hydrogen-bond donors (Lipinski definition) is 1. The molecule has 0 aliphatic carbocycles. The number of carboxylic acid groups (broad SMARTS) is 1. The van der Waals surface area contributed by atoms with E-state index in [9.17, 15) is 4.79 Å². The summed E-state index contributed by atoms with van der Waals surface area (Å²) in [5.41, 5.74) is 4.44. The largest absolute Gasteiger partial charge is 0.481 e. The average Bonchev–Trinajstić information content (AvgIpc) is 2.64. The Labute approximate surface area is 105 Å². The summed E-state index contributed by atoms with van der Waals surface area (Å²) in [6.45, 7) is 5.81. The van der Waals surface area contributed by atoms with E-state index in [-0.39, 0.29) is 6.42 Å². The maximum atomic E-state index is 10.9. The van der Waals surface area contributed by atoms with Gasteiger partial charge in [0.25, 0.3) is 0 Å². The van der Waals surface area contributed by atoms with Crippen molar-refractivity contribution in [1.29, 1.82) is 0 Å². The summed E-state index contributed by atoms with van der Waals surface area (Å²) < 4.78 is 1.59. The van der Waals surface area contributed by atoms with Crippen molar-refractivity contribution in [3.63, 3.8) is 0 Å². The van der Waals surface area contributed by atoms with Gasteiger partial charge in [-0.3, -0.25) is 4.79 Å². The van der Waals surface area contributed by atoms with Crippen molar-refractivity contribution in [2.24, 2.45) is 0 Å². The van der Waals surface area contributed by atoms with Gasteiger partial charge < -0.3 is 5.11 Å². The lowest BCUT2D eigenvalue weighted by atomic mass is 10.1.